The number of amides is 6. The smallest absolute Gasteiger partial charge is 0.407 e. The Balaban J connectivity index is 2.17. The van der Waals surface area contributed by atoms with E-state index in [9.17, 15) is 29.1 Å². The minimum atomic E-state index is -0.970. The number of hydrogen-bond acceptors (Lipinski definition) is 13. The highest BCUT2D eigenvalue weighted by molar-refractivity contribution is 5.98. The molecule has 8 N–H and O–H groups in total. The van der Waals surface area contributed by atoms with Crippen molar-refractivity contribution >= 4 is 35.5 Å². The predicted octanol–water partition coefficient (Wildman–Crippen LogP) is 1.21. The highest BCUT2D eigenvalue weighted by Crippen LogP contribution is 2.12. The summed E-state index contributed by atoms with van der Waals surface area (Å²) in [6, 6.07) is 4.01. The summed E-state index contributed by atoms with van der Waals surface area (Å²) in [5.41, 5.74) is 5.74. The molecule has 0 aromatic heterocycles. The minimum absolute atomic E-state index is 0.0139. The molecule has 0 aliphatic rings. The molecular formula is C38H66N6O13. The van der Waals surface area contributed by atoms with Gasteiger partial charge in [0.1, 0.15) is 17.7 Å². The zero-order valence-electron chi connectivity index (χ0n) is 34.2. The quantitative estimate of drug-likeness (QED) is 0.0506. The van der Waals surface area contributed by atoms with Crippen LogP contribution < -0.4 is 32.3 Å². The SMILES string of the molecule is CC(C)[C@H](NC(=O)CCOCCOCCOCCOCCOCCOCCNC(=O)OC(C)(C)C)C(=O)N[C@@H](CCCNC(N)=O)C(=O)Nc1ccc(CO)cc1. The Kier molecular flexibility index (Phi) is 27.6. The van der Waals surface area contributed by atoms with Crippen LogP contribution >= 0.6 is 0 Å². The summed E-state index contributed by atoms with van der Waals surface area (Å²) in [5, 5.41) is 22.6. The van der Waals surface area contributed by atoms with Crippen LogP contribution in [0.5, 0.6) is 0 Å². The molecule has 0 unspecified atom stereocenters. The molecule has 19 heteroatoms. The monoisotopic (exact) mass is 814 g/mol. The van der Waals surface area contributed by atoms with E-state index < -0.39 is 47.5 Å². The Morgan fingerprint density at radius 3 is 1.67 bits per heavy atom. The van der Waals surface area contributed by atoms with E-state index in [1.807, 2.05) is 0 Å². The number of nitrogens with one attached hydrogen (secondary N) is 5. The highest BCUT2D eigenvalue weighted by Gasteiger charge is 2.29. The van der Waals surface area contributed by atoms with Crippen molar-refractivity contribution in [3.8, 4) is 0 Å². The fourth-order valence-electron chi connectivity index (χ4n) is 4.66. The molecule has 57 heavy (non-hydrogen) atoms. The second-order valence-corrected chi connectivity index (χ2v) is 14.0. The average molecular weight is 815 g/mol. The summed E-state index contributed by atoms with van der Waals surface area (Å²) in [4.78, 5) is 61.7. The van der Waals surface area contributed by atoms with Crippen LogP contribution in [0, 0.1) is 5.92 Å². The largest absolute Gasteiger partial charge is 0.444 e. The molecule has 0 saturated heterocycles. The fourth-order valence-corrected chi connectivity index (χ4v) is 4.66. The zero-order chi connectivity index (χ0) is 42.3. The molecule has 1 aromatic carbocycles. The Morgan fingerprint density at radius 2 is 1.19 bits per heavy atom. The third-order valence-corrected chi connectivity index (χ3v) is 7.52. The molecule has 0 aliphatic carbocycles. The van der Waals surface area contributed by atoms with Crippen molar-refractivity contribution in [2.75, 3.05) is 97.7 Å². The summed E-state index contributed by atoms with van der Waals surface area (Å²) in [6.45, 7) is 13.6. The van der Waals surface area contributed by atoms with Crippen LogP contribution in [-0.4, -0.2) is 145 Å². The van der Waals surface area contributed by atoms with Gasteiger partial charge < -0.3 is 70.6 Å². The second kappa shape index (κ2) is 31.0. The van der Waals surface area contributed by atoms with E-state index in [0.29, 0.717) is 90.3 Å². The number of nitrogens with two attached hydrogens (primary N) is 1. The summed E-state index contributed by atoms with van der Waals surface area (Å²) in [5.74, 6) is -1.69. The molecule has 326 valence electrons. The van der Waals surface area contributed by atoms with Gasteiger partial charge in [0.15, 0.2) is 0 Å². The van der Waals surface area contributed by atoms with Crippen molar-refractivity contribution in [3.63, 3.8) is 0 Å². The third kappa shape index (κ3) is 28.0. The van der Waals surface area contributed by atoms with Crippen LogP contribution in [0.25, 0.3) is 0 Å². The van der Waals surface area contributed by atoms with Gasteiger partial charge in [-0.25, -0.2) is 9.59 Å². The Hall–Kier alpha value is -4.11. The van der Waals surface area contributed by atoms with E-state index >= 15 is 0 Å². The molecule has 2 atom stereocenters. The van der Waals surface area contributed by atoms with Gasteiger partial charge in [-0.3, -0.25) is 14.4 Å². The van der Waals surface area contributed by atoms with Crippen LogP contribution in [0.4, 0.5) is 15.3 Å². The summed E-state index contributed by atoms with van der Waals surface area (Å²) in [7, 11) is 0. The lowest BCUT2D eigenvalue weighted by Crippen LogP contribution is -2.54. The molecule has 1 rings (SSSR count). The normalized spacial score (nSPS) is 12.4. The number of ether oxygens (including phenoxy) is 7. The molecule has 0 heterocycles. The lowest BCUT2D eigenvalue weighted by molar-refractivity contribution is -0.132. The number of hydrogen-bond donors (Lipinski definition) is 7. The Labute approximate surface area is 336 Å². The Morgan fingerprint density at radius 1 is 0.684 bits per heavy atom. The molecule has 0 bridgehead atoms. The number of carbonyl (C=O) groups excluding carboxylic acids is 5. The maximum atomic E-state index is 13.3. The lowest BCUT2D eigenvalue weighted by atomic mass is 10.0. The molecule has 6 amide bonds. The van der Waals surface area contributed by atoms with Gasteiger partial charge in [0, 0.05) is 25.2 Å². The number of alkyl carbamates (subject to hydrolysis) is 1. The van der Waals surface area contributed by atoms with Gasteiger partial charge in [0.05, 0.1) is 85.9 Å². The average Bonchev–Trinajstić information content (AvgIpc) is 3.14. The maximum absolute atomic E-state index is 13.3. The van der Waals surface area contributed by atoms with Crippen LogP contribution in [0.2, 0.25) is 0 Å². The zero-order valence-corrected chi connectivity index (χ0v) is 34.2. The summed E-state index contributed by atoms with van der Waals surface area (Å²) >= 11 is 0. The first-order valence-electron chi connectivity index (χ1n) is 19.3. The number of carbonyl (C=O) groups is 5. The first kappa shape index (κ1) is 50.9. The van der Waals surface area contributed by atoms with E-state index in [2.05, 4.69) is 26.6 Å². The van der Waals surface area contributed by atoms with E-state index in [1.165, 1.54) is 0 Å². The van der Waals surface area contributed by atoms with Crippen molar-refractivity contribution in [3.05, 3.63) is 29.8 Å². The van der Waals surface area contributed by atoms with Crippen molar-refractivity contribution in [2.45, 2.75) is 78.2 Å². The van der Waals surface area contributed by atoms with Crippen LogP contribution in [0.1, 0.15) is 59.4 Å². The predicted molar refractivity (Wildman–Crippen MR) is 210 cm³/mol. The van der Waals surface area contributed by atoms with Gasteiger partial charge in [0.2, 0.25) is 17.7 Å². The highest BCUT2D eigenvalue weighted by atomic mass is 16.6. The molecule has 0 fully saturated rings. The fraction of sp³-hybridized carbons (Fsp3) is 0.711. The second-order valence-electron chi connectivity index (χ2n) is 14.0. The van der Waals surface area contributed by atoms with Crippen LogP contribution in [0.15, 0.2) is 24.3 Å². The maximum Gasteiger partial charge on any atom is 0.407 e. The van der Waals surface area contributed by atoms with Gasteiger partial charge in [0.25, 0.3) is 0 Å². The topological polar surface area (TPSA) is 256 Å². The number of aliphatic hydroxyl groups is 1. The standard InChI is InChI=1S/C38H66N6O13/c1-28(2)33(35(48)43-31(7-6-13-40-36(39)49)34(47)42-30-10-8-29(27-45)9-11-30)44-32(46)12-15-51-17-19-53-21-23-55-25-26-56-24-22-54-20-18-52-16-14-41-37(50)57-38(3,4)5/h8-11,28,31,33,45H,6-7,12-27H2,1-5H3,(H,41,50)(H,42,47)(H,43,48)(H,44,46)(H3,39,40,49)/t31-,33-/m0/s1. The summed E-state index contributed by atoms with van der Waals surface area (Å²) in [6.07, 6.45) is 0.0784. The molecule has 1 aromatic rings. The number of urea groups is 1. The van der Waals surface area contributed by atoms with Crippen molar-refractivity contribution in [1.29, 1.82) is 0 Å². The molecule has 0 spiro atoms. The van der Waals surface area contributed by atoms with Crippen LogP contribution in [-0.2, 0) is 54.1 Å². The van der Waals surface area contributed by atoms with E-state index in [0.717, 1.165) is 0 Å². The van der Waals surface area contributed by atoms with E-state index in [1.54, 1.807) is 58.9 Å². The lowest BCUT2D eigenvalue weighted by Gasteiger charge is -2.25. The van der Waals surface area contributed by atoms with Gasteiger partial charge in [-0.05, 0) is 57.2 Å². The first-order valence-corrected chi connectivity index (χ1v) is 19.3. The molecular weight excluding hydrogens is 748 g/mol. The van der Waals surface area contributed by atoms with Crippen LogP contribution in [0.3, 0.4) is 0 Å². The Bertz CT molecular complexity index is 1280. The number of anilines is 1. The number of aliphatic hydroxyl groups excluding tert-OH is 1. The van der Waals surface area contributed by atoms with Crippen molar-refractivity contribution < 1.29 is 62.2 Å². The van der Waals surface area contributed by atoms with Gasteiger partial charge >= 0.3 is 12.1 Å². The number of benzene rings is 1. The van der Waals surface area contributed by atoms with Gasteiger partial charge in [-0.2, -0.15) is 0 Å². The van der Waals surface area contributed by atoms with Crippen molar-refractivity contribution in [2.24, 2.45) is 11.7 Å². The minimum Gasteiger partial charge on any atom is -0.444 e. The third-order valence-electron chi connectivity index (χ3n) is 7.52. The molecule has 19 nitrogen and oxygen atoms in total. The number of primary amides is 1. The van der Waals surface area contributed by atoms with E-state index in [4.69, 9.17) is 38.9 Å². The summed E-state index contributed by atoms with van der Waals surface area (Å²) < 4.78 is 37.9. The van der Waals surface area contributed by atoms with Crippen molar-refractivity contribution in [1.82, 2.24) is 21.3 Å². The van der Waals surface area contributed by atoms with Gasteiger partial charge in [-0.1, -0.05) is 26.0 Å². The first-order chi connectivity index (χ1) is 27.2. The van der Waals surface area contributed by atoms with E-state index in [-0.39, 0.29) is 45.1 Å². The number of rotatable bonds is 32. The molecule has 0 saturated carbocycles. The molecule has 0 radical (unpaired) electrons. The molecule has 0 aliphatic heterocycles. The van der Waals surface area contributed by atoms with Gasteiger partial charge in [-0.15, -0.1) is 0 Å².